The highest BCUT2D eigenvalue weighted by Gasteiger charge is 2.79. The smallest absolute Gasteiger partial charge is 0.117 e. The molecule has 0 spiro atoms. The molecular weight excluding hydrogens is 404 g/mol. The molecule has 0 saturated heterocycles. The van der Waals surface area contributed by atoms with Gasteiger partial charge in [0, 0.05) is 22.1 Å². The summed E-state index contributed by atoms with van der Waals surface area (Å²) >= 11 is 50.2. The molecule has 2 aliphatic carbocycles. The third-order valence-corrected chi connectivity index (χ3v) is 8.34. The van der Waals surface area contributed by atoms with Crippen molar-refractivity contribution in [3.8, 4) is 0 Å². The highest BCUT2D eigenvalue weighted by molar-refractivity contribution is 6.48. The molecule has 18 heavy (non-hydrogen) atoms. The van der Waals surface area contributed by atoms with Gasteiger partial charge in [-0.15, -0.1) is 92.8 Å². The van der Waals surface area contributed by atoms with Crippen molar-refractivity contribution >= 4 is 92.8 Å². The summed E-state index contributed by atoms with van der Waals surface area (Å²) in [6, 6.07) is 0. The average molecular weight is 414 g/mol. The van der Waals surface area contributed by atoms with Gasteiger partial charge in [-0.2, -0.15) is 0 Å². The number of rotatable bonds is 3. The van der Waals surface area contributed by atoms with E-state index < -0.39 is 25.9 Å². The van der Waals surface area contributed by atoms with Gasteiger partial charge in [-0.1, -0.05) is 0 Å². The Hall–Kier alpha value is 2.32. The summed E-state index contributed by atoms with van der Waals surface area (Å²) in [5.74, 6) is 0.0719. The molecule has 0 heterocycles. The summed E-state index contributed by atoms with van der Waals surface area (Å²) in [6.45, 7) is 0. The Balaban J connectivity index is 2.65. The lowest BCUT2D eigenvalue weighted by Gasteiger charge is -2.47. The van der Waals surface area contributed by atoms with Crippen LogP contribution in [0.1, 0.15) is 6.42 Å². The largest absolute Gasteiger partial charge is 0.126 e. The lowest BCUT2D eigenvalue weighted by molar-refractivity contribution is 0.147. The van der Waals surface area contributed by atoms with Crippen LogP contribution in [-0.2, 0) is 0 Å². The predicted molar refractivity (Wildman–Crippen MR) is 83.6 cm³/mol. The molecule has 0 aromatic carbocycles. The van der Waals surface area contributed by atoms with Crippen LogP contribution in [0.5, 0.6) is 0 Å². The van der Waals surface area contributed by atoms with Crippen LogP contribution in [0.4, 0.5) is 0 Å². The molecule has 0 aromatic heterocycles. The van der Waals surface area contributed by atoms with E-state index in [1.54, 1.807) is 0 Å². The maximum atomic E-state index is 6.45. The van der Waals surface area contributed by atoms with E-state index in [9.17, 15) is 0 Å². The summed E-state index contributed by atoms with van der Waals surface area (Å²) in [5.41, 5.74) is -1.65. The molecule has 2 aliphatic rings. The quantitative estimate of drug-likeness (QED) is 0.524. The molecule has 0 unspecified atom stereocenters. The van der Waals surface area contributed by atoms with Gasteiger partial charge in [-0.3, -0.25) is 0 Å². The van der Waals surface area contributed by atoms with E-state index >= 15 is 0 Å². The van der Waals surface area contributed by atoms with Crippen LogP contribution in [0, 0.1) is 16.7 Å². The van der Waals surface area contributed by atoms with Crippen molar-refractivity contribution in [2.75, 3.05) is 5.88 Å². The molecule has 0 radical (unpaired) electrons. The first kappa shape index (κ1) is 16.7. The van der Waals surface area contributed by atoms with Crippen LogP contribution < -0.4 is 0 Å². The van der Waals surface area contributed by atoms with Gasteiger partial charge in [-0.05, 0) is 12.3 Å². The fourth-order valence-corrected chi connectivity index (χ4v) is 8.39. The van der Waals surface area contributed by atoms with Crippen molar-refractivity contribution in [1.29, 1.82) is 0 Å². The summed E-state index contributed by atoms with van der Waals surface area (Å²) in [4.78, 5) is -1.62. The summed E-state index contributed by atoms with van der Waals surface area (Å²) in [6.07, 6.45) is 0.609. The van der Waals surface area contributed by atoms with Gasteiger partial charge in [0.15, 0.2) is 0 Å². The summed E-state index contributed by atoms with van der Waals surface area (Å²) in [7, 11) is 0. The van der Waals surface area contributed by atoms with Crippen molar-refractivity contribution in [3.05, 3.63) is 0 Å². The van der Waals surface area contributed by atoms with Crippen molar-refractivity contribution in [1.82, 2.24) is 0 Å². The Morgan fingerprint density at radius 1 is 1.00 bits per heavy atom. The Morgan fingerprint density at radius 2 is 1.56 bits per heavy atom. The van der Waals surface area contributed by atoms with E-state index in [1.807, 2.05) is 0 Å². The molecule has 0 amide bonds. The first-order valence-corrected chi connectivity index (χ1v) is 8.91. The zero-order valence-electron chi connectivity index (χ0n) is 8.90. The van der Waals surface area contributed by atoms with Crippen molar-refractivity contribution < 1.29 is 0 Å². The van der Waals surface area contributed by atoms with E-state index in [0.717, 1.165) is 0 Å². The fourth-order valence-electron chi connectivity index (χ4n) is 3.64. The summed E-state index contributed by atoms with van der Waals surface area (Å²) < 4.78 is 0. The van der Waals surface area contributed by atoms with E-state index in [0.29, 0.717) is 6.42 Å². The number of hydrogen-bond acceptors (Lipinski definition) is 0. The van der Waals surface area contributed by atoms with Gasteiger partial charge in [0.25, 0.3) is 0 Å². The van der Waals surface area contributed by atoms with Crippen molar-refractivity contribution in [2.45, 2.75) is 32.2 Å². The maximum absolute atomic E-state index is 6.45. The molecule has 8 heteroatoms. The van der Waals surface area contributed by atoms with Crippen LogP contribution >= 0.6 is 92.8 Å². The van der Waals surface area contributed by atoms with Gasteiger partial charge < -0.3 is 0 Å². The lowest BCUT2D eigenvalue weighted by Crippen LogP contribution is -2.54. The fraction of sp³-hybridized carbons (Fsp3) is 1.00. The zero-order chi connectivity index (χ0) is 13.9. The lowest BCUT2D eigenvalue weighted by atomic mass is 9.69. The van der Waals surface area contributed by atoms with Crippen LogP contribution in [0.25, 0.3) is 0 Å². The van der Waals surface area contributed by atoms with Crippen molar-refractivity contribution in [2.24, 2.45) is 16.7 Å². The minimum atomic E-state index is -0.883. The molecule has 0 aromatic rings. The Bertz CT molecular complexity index is 334. The van der Waals surface area contributed by atoms with Gasteiger partial charge in [0.2, 0.25) is 0 Å². The summed E-state index contributed by atoms with van der Waals surface area (Å²) in [5, 5.41) is -1.21. The van der Waals surface area contributed by atoms with Gasteiger partial charge in [-0.25, -0.2) is 0 Å². The second kappa shape index (κ2) is 5.51. The van der Waals surface area contributed by atoms with E-state index in [-0.39, 0.29) is 22.6 Å². The number of halogens is 8. The SMILES string of the molecule is ClC[C@]1(C(Cl)Cl)[C@H]2C[C@@H](Cl)[C@]1(C(Cl)Cl)[C@H](Cl)[C@H]2Cl. The number of fused-ring (bicyclic) bond motifs is 2. The monoisotopic (exact) mass is 410 g/mol. The molecule has 0 N–H and O–H groups in total. The molecule has 2 fully saturated rings. The van der Waals surface area contributed by atoms with Crippen LogP contribution in [0.15, 0.2) is 0 Å². The van der Waals surface area contributed by atoms with E-state index in [4.69, 9.17) is 92.8 Å². The second-order valence-electron chi connectivity index (χ2n) is 4.86. The van der Waals surface area contributed by atoms with E-state index in [2.05, 4.69) is 0 Å². The predicted octanol–water partition coefficient (Wildman–Crippen LogP) is 5.66. The number of alkyl halides is 8. The topological polar surface area (TPSA) is 0 Å². The Morgan fingerprint density at radius 3 is 1.89 bits per heavy atom. The van der Waals surface area contributed by atoms with Crippen LogP contribution in [-0.4, -0.2) is 31.7 Å². The highest BCUT2D eigenvalue weighted by atomic mass is 35.5. The molecule has 0 aliphatic heterocycles. The molecule has 2 bridgehead atoms. The van der Waals surface area contributed by atoms with E-state index in [1.165, 1.54) is 0 Å². The highest BCUT2D eigenvalue weighted by Crippen LogP contribution is 2.75. The molecule has 2 saturated carbocycles. The Kier molecular flexibility index (Phi) is 5.10. The molecule has 2 rings (SSSR count). The van der Waals surface area contributed by atoms with Gasteiger partial charge >= 0.3 is 0 Å². The standard InChI is InChI=1S/C10H10Cl8/c11-2-9(7(15)16)3-1-4(12)10(9,8(17)18)6(14)5(3)13/h3-8H,1-2H2/t3-,4+,5-,6+,9+,10+/m0/s1. The normalized spacial score (nSPS) is 51.7. The number of hydrogen-bond donors (Lipinski definition) is 0. The average Bonchev–Trinajstić information content (AvgIpc) is 2.66. The van der Waals surface area contributed by atoms with Gasteiger partial charge in [0.05, 0.1) is 10.8 Å². The van der Waals surface area contributed by atoms with Crippen LogP contribution in [0.2, 0.25) is 0 Å². The first-order valence-electron chi connectivity index (χ1n) is 5.32. The van der Waals surface area contributed by atoms with Crippen molar-refractivity contribution in [3.63, 3.8) is 0 Å². The molecule has 0 nitrogen and oxygen atoms in total. The third kappa shape index (κ3) is 1.73. The first-order chi connectivity index (χ1) is 8.28. The molecule has 6 atom stereocenters. The molecule has 106 valence electrons. The van der Waals surface area contributed by atoms with Crippen LogP contribution in [0.3, 0.4) is 0 Å². The molecular formula is C10H10Cl8. The zero-order valence-corrected chi connectivity index (χ0v) is 14.9. The second-order valence-corrected chi connectivity index (χ2v) is 8.83. The third-order valence-electron chi connectivity index (χ3n) is 4.54. The van der Waals surface area contributed by atoms with Gasteiger partial charge in [0.1, 0.15) is 9.67 Å². The Labute approximate surface area is 146 Å². The minimum absolute atomic E-state index is 0.0957. The maximum Gasteiger partial charge on any atom is 0.117 e. The minimum Gasteiger partial charge on any atom is -0.126 e.